The summed E-state index contributed by atoms with van der Waals surface area (Å²) in [5.74, 6) is -0.424. The molecule has 6 nitrogen and oxygen atoms in total. The van der Waals surface area contributed by atoms with Crippen LogP contribution in [0.1, 0.15) is 18.4 Å². The fraction of sp³-hybridized carbons (Fsp3) is 0.286. The van der Waals surface area contributed by atoms with Crippen molar-refractivity contribution in [1.82, 2.24) is 4.31 Å². The minimum absolute atomic E-state index is 0.298. The van der Waals surface area contributed by atoms with E-state index in [0.717, 1.165) is 46.9 Å². The third-order valence-corrected chi connectivity index (χ3v) is 6.43. The van der Waals surface area contributed by atoms with Crippen molar-refractivity contribution in [1.29, 1.82) is 0 Å². The van der Waals surface area contributed by atoms with Gasteiger partial charge in [-0.2, -0.15) is 4.31 Å². The smallest absolute Gasteiger partial charge is 0.239 e. The monoisotopic (exact) mass is 433 g/mol. The molecule has 2 aromatic rings. The van der Waals surface area contributed by atoms with E-state index in [4.69, 9.17) is 11.6 Å². The van der Waals surface area contributed by atoms with Crippen LogP contribution in [0.15, 0.2) is 53.9 Å². The molecule has 0 radical (unpaired) electrons. The number of carbonyl (C=O) groups excluding carboxylic acids is 1. The molecule has 0 unspecified atom stereocenters. The number of rotatable bonds is 7. The van der Waals surface area contributed by atoms with Crippen molar-refractivity contribution in [2.45, 2.75) is 12.8 Å². The lowest BCUT2D eigenvalue weighted by Gasteiger charge is -2.22. The third-order valence-electron chi connectivity index (χ3n) is 4.71. The summed E-state index contributed by atoms with van der Waals surface area (Å²) in [6.45, 7) is 1.54. The Kier molecular flexibility index (Phi) is 6.95. The van der Waals surface area contributed by atoms with Crippen molar-refractivity contribution >= 4 is 45.0 Å². The summed E-state index contributed by atoms with van der Waals surface area (Å²) >= 11 is 6.10. The predicted molar refractivity (Wildman–Crippen MR) is 119 cm³/mol. The van der Waals surface area contributed by atoms with Crippen LogP contribution in [-0.2, 0) is 14.8 Å². The van der Waals surface area contributed by atoms with Crippen LogP contribution < -0.4 is 10.2 Å². The third kappa shape index (κ3) is 5.82. The number of carbonyl (C=O) groups is 1. The number of nitrogens with zero attached hydrogens (tertiary/aromatic N) is 2. The van der Waals surface area contributed by atoms with Gasteiger partial charge < -0.3 is 10.2 Å². The number of nitrogens with one attached hydrogen (secondary N) is 1. The zero-order valence-corrected chi connectivity index (χ0v) is 17.8. The van der Waals surface area contributed by atoms with Crippen LogP contribution in [0, 0.1) is 0 Å². The summed E-state index contributed by atoms with van der Waals surface area (Å²) in [7, 11) is -2.35. The van der Waals surface area contributed by atoms with Crippen LogP contribution in [-0.4, -0.2) is 45.3 Å². The number of amides is 1. The maximum absolute atomic E-state index is 12.5. The Hall–Kier alpha value is -2.35. The predicted octanol–water partition coefficient (Wildman–Crippen LogP) is 3.81. The highest BCUT2D eigenvalue weighted by Crippen LogP contribution is 2.31. The fourth-order valence-electron chi connectivity index (χ4n) is 3.16. The number of sulfonamides is 1. The normalized spacial score (nSPS) is 14.7. The van der Waals surface area contributed by atoms with Crippen LogP contribution in [0.5, 0.6) is 0 Å². The molecule has 0 aromatic heterocycles. The Morgan fingerprint density at radius 3 is 2.55 bits per heavy atom. The first-order chi connectivity index (χ1) is 13.8. The maximum atomic E-state index is 12.5. The Balaban J connectivity index is 1.67. The summed E-state index contributed by atoms with van der Waals surface area (Å²) < 4.78 is 25.9. The number of benzene rings is 2. The number of hydrogen-bond donors (Lipinski definition) is 1. The second kappa shape index (κ2) is 9.43. The molecule has 0 bridgehead atoms. The highest BCUT2D eigenvalue weighted by atomic mass is 35.5. The summed E-state index contributed by atoms with van der Waals surface area (Å²) in [5, 5.41) is 4.42. The number of halogens is 1. The molecule has 3 rings (SSSR count). The van der Waals surface area contributed by atoms with Gasteiger partial charge in [-0.05, 0) is 42.7 Å². The Labute approximate surface area is 176 Å². The van der Waals surface area contributed by atoms with Gasteiger partial charge in [0.05, 0.1) is 17.9 Å². The van der Waals surface area contributed by atoms with E-state index < -0.39 is 15.9 Å². The van der Waals surface area contributed by atoms with Crippen LogP contribution in [0.3, 0.4) is 0 Å². The Morgan fingerprint density at radius 1 is 1.17 bits per heavy atom. The van der Waals surface area contributed by atoms with Gasteiger partial charge in [-0.15, -0.1) is 0 Å². The average Bonchev–Trinajstić information content (AvgIpc) is 3.22. The van der Waals surface area contributed by atoms with Gasteiger partial charge in [0.1, 0.15) is 0 Å². The summed E-state index contributed by atoms with van der Waals surface area (Å²) in [6.07, 6.45) is 3.71. The van der Waals surface area contributed by atoms with E-state index in [9.17, 15) is 13.2 Å². The minimum Gasteiger partial charge on any atom is -0.370 e. The van der Waals surface area contributed by atoms with Gasteiger partial charge in [-0.25, -0.2) is 8.42 Å². The van der Waals surface area contributed by atoms with Crippen molar-refractivity contribution < 1.29 is 13.2 Å². The van der Waals surface area contributed by atoms with E-state index in [0.29, 0.717) is 10.7 Å². The van der Waals surface area contributed by atoms with Gasteiger partial charge in [0.25, 0.3) is 0 Å². The van der Waals surface area contributed by atoms with Gasteiger partial charge in [0, 0.05) is 30.6 Å². The number of hydrogen-bond acceptors (Lipinski definition) is 4. The lowest BCUT2D eigenvalue weighted by Crippen LogP contribution is -2.34. The highest BCUT2D eigenvalue weighted by Gasteiger charge is 2.20. The molecule has 1 saturated heterocycles. The van der Waals surface area contributed by atoms with E-state index in [1.54, 1.807) is 24.3 Å². The van der Waals surface area contributed by atoms with Crippen molar-refractivity contribution in [3.05, 3.63) is 64.5 Å². The molecule has 1 aliphatic heterocycles. The molecular weight excluding hydrogens is 410 g/mol. The second-order valence-electron chi connectivity index (χ2n) is 6.92. The molecule has 154 valence electrons. The summed E-state index contributed by atoms with van der Waals surface area (Å²) in [4.78, 5) is 14.7. The largest absolute Gasteiger partial charge is 0.370 e. The fourth-order valence-corrected chi connectivity index (χ4v) is 4.16. The van der Waals surface area contributed by atoms with Gasteiger partial charge in [0.2, 0.25) is 15.9 Å². The molecule has 1 amide bonds. The molecule has 2 aromatic carbocycles. The zero-order valence-electron chi connectivity index (χ0n) is 16.2. The van der Waals surface area contributed by atoms with E-state index in [1.807, 2.05) is 24.3 Å². The molecule has 0 saturated carbocycles. The van der Waals surface area contributed by atoms with E-state index in [2.05, 4.69) is 10.2 Å². The van der Waals surface area contributed by atoms with E-state index in [-0.39, 0.29) is 6.54 Å². The molecular formula is C21H24ClN3O3S. The van der Waals surface area contributed by atoms with E-state index in [1.165, 1.54) is 13.1 Å². The average molecular weight is 434 g/mol. The van der Waals surface area contributed by atoms with Crippen LogP contribution in [0.2, 0.25) is 5.02 Å². The molecule has 8 heteroatoms. The maximum Gasteiger partial charge on any atom is 0.239 e. The quantitative estimate of drug-likeness (QED) is 0.720. The molecule has 29 heavy (non-hydrogen) atoms. The SMILES string of the molecule is CN(CC(=O)Nc1cc(Cl)ccc1N1CCCC1)S(=O)(=O)/C=C/c1ccccc1. The van der Waals surface area contributed by atoms with Crippen molar-refractivity contribution in [2.24, 2.45) is 0 Å². The van der Waals surface area contributed by atoms with Crippen molar-refractivity contribution in [3.8, 4) is 0 Å². The molecule has 1 N–H and O–H groups in total. The van der Waals surface area contributed by atoms with Gasteiger partial charge in [0.15, 0.2) is 0 Å². The molecule has 1 heterocycles. The van der Waals surface area contributed by atoms with Crippen molar-refractivity contribution in [3.63, 3.8) is 0 Å². The first kappa shape index (κ1) is 21.4. The van der Waals surface area contributed by atoms with Crippen LogP contribution >= 0.6 is 11.6 Å². The molecule has 1 aliphatic rings. The number of likely N-dealkylation sites (N-methyl/N-ethyl adjacent to an activating group) is 1. The summed E-state index contributed by atoms with van der Waals surface area (Å²) in [5.41, 5.74) is 2.26. The molecule has 0 atom stereocenters. The lowest BCUT2D eigenvalue weighted by atomic mass is 10.2. The second-order valence-corrected chi connectivity index (χ2v) is 9.28. The Bertz CT molecular complexity index is 987. The lowest BCUT2D eigenvalue weighted by molar-refractivity contribution is -0.116. The summed E-state index contributed by atoms with van der Waals surface area (Å²) in [6, 6.07) is 14.5. The number of anilines is 2. The zero-order chi connectivity index (χ0) is 20.9. The van der Waals surface area contributed by atoms with E-state index >= 15 is 0 Å². The first-order valence-electron chi connectivity index (χ1n) is 9.39. The van der Waals surface area contributed by atoms with Crippen LogP contribution in [0.4, 0.5) is 11.4 Å². The first-order valence-corrected chi connectivity index (χ1v) is 11.3. The van der Waals surface area contributed by atoms with Gasteiger partial charge >= 0.3 is 0 Å². The molecule has 0 spiro atoms. The molecule has 1 fully saturated rings. The Morgan fingerprint density at radius 2 is 1.86 bits per heavy atom. The topological polar surface area (TPSA) is 69.7 Å². The highest BCUT2D eigenvalue weighted by molar-refractivity contribution is 7.92. The van der Waals surface area contributed by atoms with Gasteiger partial charge in [-0.1, -0.05) is 41.9 Å². The van der Waals surface area contributed by atoms with Crippen molar-refractivity contribution in [2.75, 3.05) is 36.9 Å². The van der Waals surface area contributed by atoms with Crippen LogP contribution in [0.25, 0.3) is 6.08 Å². The standard InChI is InChI=1S/C21H24ClN3O3S/c1-24(29(27,28)14-11-17-7-3-2-4-8-17)16-21(26)23-19-15-18(22)9-10-20(19)25-12-5-6-13-25/h2-4,7-11,14-15H,5-6,12-13,16H2,1H3,(H,23,26)/b14-11+. The minimum atomic E-state index is -3.72. The van der Waals surface area contributed by atoms with Gasteiger partial charge in [-0.3, -0.25) is 4.79 Å². The molecule has 0 aliphatic carbocycles.